The van der Waals surface area contributed by atoms with Crippen LogP contribution in [-0.4, -0.2) is 29.6 Å². The van der Waals surface area contributed by atoms with Gasteiger partial charge in [-0.2, -0.15) is 132 Å². The van der Waals surface area contributed by atoms with E-state index >= 15 is 0 Å². The standard InChI is InChI=1S/C32H12BF24.C19H15N2O5/c34-25(35,36)13-1-14(26(37,38)39)6-21(5-13)33(22-7-15(27(40,41)42)2-16(8-22)28(43,44)45,23-9-17(29(46,47)48)3-18(10-23)30(49,50)51)24-11-19(31(52,53)54)4-20(12-24)32(55,56)57;22-18(15-7-2-1-3-8-15)12-20-16-9-5-4-6-14(16)10-11-17(20)19(23)26-13-21(24)25/h1-12H;1-11H,12-13H2/q-1;+1. The van der Waals surface area contributed by atoms with Gasteiger partial charge in [0.2, 0.25) is 17.8 Å². The first-order valence-electron chi connectivity index (χ1n) is 22.5. The highest BCUT2D eigenvalue weighted by Gasteiger charge is 2.47. The molecule has 0 aliphatic rings. The van der Waals surface area contributed by atoms with E-state index in [1.165, 1.54) is 10.6 Å². The maximum Gasteiger partial charge on any atom is 0.416 e. The van der Waals surface area contributed by atoms with Gasteiger partial charge in [0.15, 0.2) is 0 Å². The summed E-state index contributed by atoms with van der Waals surface area (Å²) in [5.74, 6) is -1.04. The van der Waals surface area contributed by atoms with Crippen LogP contribution in [0.2, 0.25) is 0 Å². The number of carbonyl (C=O) groups is 2. The van der Waals surface area contributed by atoms with E-state index in [-0.39, 0.29) is 18.0 Å². The monoisotopic (exact) mass is 1210 g/mol. The second kappa shape index (κ2) is 22.4. The minimum absolute atomic E-state index is 0.0785. The molecule has 32 heteroatoms. The first-order chi connectivity index (χ1) is 37.8. The molecule has 0 aliphatic carbocycles. The molecule has 7 aromatic rings. The summed E-state index contributed by atoms with van der Waals surface area (Å²) >= 11 is 0. The summed E-state index contributed by atoms with van der Waals surface area (Å²) in [6, 6.07) is 10.4. The number of nitro groups is 1. The van der Waals surface area contributed by atoms with Gasteiger partial charge in [0.25, 0.3) is 5.69 Å². The molecule has 0 bridgehead atoms. The zero-order valence-electron chi connectivity index (χ0n) is 40.3. The Kier molecular flexibility index (Phi) is 17.3. The lowest BCUT2D eigenvalue weighted by Gasteiger charge is -2.46. The number of fused-ring (bicyclic) bond motifs is 1. The minimum Gasteiger partial charge on any atom is -0.392 e. The Morgan fingerprint density at radius 2 is 0.699 bits per heavy atom. The summed E-state index contributed by atoms with van der Waals surface area (Å²) in [7, 11) is 0. The Morgan fingerprint density at radius 3 is 0.988 bits per heavy atom. The molecular formula is C51H27BF24N2O5. The first-order valence-corrected chi connectivity index (χ1v) is 22.5. The van der Waals surface area contributed by atoms with Crippen LogP contribution in [0.3, 0.4) is 0 Å². The highest BCUT2D eigenvalue weighted by molar-refractivity contribution is 7.20. The zero-order chi connectivity index (χ0) is 62.4. The van der Waals surface area contributed by atoms with Crippen LogP contribution in [0.25, 0.3) is 10.9 Å². The van der Waals surface area contributed by atoms with Crippen molar-refractivity contribution in [2.75, 3.05) is 6.73 Å². The average Bonchev–Trinajstić information content (AvgIpc) is 1.07. The van der Waals surface area contributed by atoms with Crippen LogP contribution in [0, 0.1) is 10.1 Å². The van der Waals surface area contributed by atoms with E-state index in [0.717, 1.165) is 5.39 Å². The molecule has 0 atom stereocenters. The van der Waals surface area contributed by atoms with Gasteiger partial charge in [-0.1, -0.05) is 91.0 Å². The van der Waals surface area contributed by atoms with E-state index in [9.17, 15) is 125 Å². The summed E-state index contributed by atoms with van der Waals surface area (Å²) in [6.07, 6.45) is -54.8. The molecule has 442 valence electrons. The number of pyridine rings is 1. The molecule has 0 unspecified atom stereocenters. The van der Waals surface area contributed by atoms with Crippen molar-refractivity contribution in [1.29, 1.82) is 0 Å². The molecular weight excluding hydrogens is 1190 g/mol. The fourth-order valence-electron chi connectivity index (χ4n) is 8.73. The lowest BCUT2D eigenvalue weighted by atomic mass is 9.12. The van der Waals surface area contributed by atoms with E-state index in [1.807, 2.05) is 18.2 Å². The van der Waals surface area contributed by atoms with Crippen LogP contribution in [-0.2, 0) is 60.7 Å². The van der Waals surface area contributed by atoms with Crippen molar-refractivity contribution in [2.24, 2.45) is 0 Å². The molecule has 0 N–H and O–H groups in total. The quantitative estimate of drug-likeness (QED) is 0.0199. The molecule has 0 aliphatic heterocycles. The molecule has 83 heavy (non-hydrogen) atoms. The summed E-state index contributed by atoms with van der Waals surface area (Å²) in [5.41, 5.74) is -29.0. The molecule has 7 nitrogen and oxygen atoms in total. The van der Waals surface area contributed by atoms with Gasteiger partial charge < -0.3 is 4.74 Å². The predicted molar refractivity (Wildman–Crippen MR) is 242 cm³/mol. The Morgan fingerprint density at radius 1 is 0.410 bits per heavy atom. The first kappa shape index (κ1) is 63.8. The molecule has 6 aromatic carbocycles. The number of carbonyl (C=O) groups excluding carboxylic acids is 2. The number of aromatic nitrogens is 1. The Balaban J connectivity index is 0.000000352. The highest BCUT2D eigenvalue weighted by atomic mass is 19.4. The molecule has 0 spiro atoms. The third kappa shape index (κ3) is 14.7. The second-order valence-corrected chi connectivity index (χ2v) is 17.8. The van der Waals surface area contributed by atoms with Crippen molar-refractivity contribution in [3.8, 4) is 0 Å². The van der Waals surface area contributed by atoms with Gasteiger partial charge in [0.1, 0.15) is 6.15 Å². The smallest absolute Gasteiger partial charge is 0.392 e. The van der Waals surface area contributed by atoms with Gasteiger partial charge in [-0.05, 0) is 36.4 Å². The van der Waals surface area contributed by atoms with E-state index in [4.69, 9.17) is 4.74 Å². The number of hydrogen-bond donors (Lipinski definition) is 0. The summed E-state index contributed by atoms with van der Waals surface area (Å²) < 4.78 is 347. The maximum absolute atomic E-state index is 14.2. The summed E-state index contributed by atoms with van der Waals surface area (Å²) in [4.78, 5) is 34.6. The number of ketones is 1. The number of para-hydroxylation sites is 1. The summed E-state index contributed by atoms with van der Waals surface area (Å²) in [6.45, 7) is -1.02. The van der Waals surface area contributed by atoms with Crippen molar-refractivity contribution in [1.82, 2.24) is 0 Å². The molecule has 0 amide bonds. The van der Waals surface area contributed by atoms with E-state index in [1.54, 1.807) is 42.5 Å². The molecule has 0 saturated heterocycles. The van der Waals surface area contributed by atoms with Crippen molar-refractivity contribution in [3.63, 3.8) is 0 Å². The van der Waals surface area contributed by atoms with Gasteiger partial charge in [-0.25, -0.2) is 4.79 Å². The number of halogens is 24. The second-order valence-electron chi connectivity index (χ2n) is 17.8. The fraction of sp³-hybridized carbons (Fsp3) is 0.196. The molecule has 0 radical (unpaired) electrons. The Labute approximate surface area is 447 Å². The van der Waals surface area contributed by atoms with Crippen molar-refractivity contribution < 1.29 is 129 Å². The number of hydrogen-bond acceptors (Lipinski definition) is 5. The van der Waals surface area contributed by atoms with E-state index in [2.05, 4.69) is 0 Å². The largest absolute Gasteiger partial charge is 0.416 e. The molecule has 0 fully saturated rings. The Bertz CT molecular complexity index is 3150. The van der Waals surface area contributed by atoms with Crippen LogP contribution in [0.1, 0.15) is 65.4 Å². The normalized spacial score (nSPS) is 13.1. The number of ether oxygens (including phenoxy) is 1. The van der Waals surface area contributed by atoms with Crippen LogP contribution in [0.5, 0.6) is 0 Å². The van der Waals surface area contributed by atoms with Crippen LogP contribution in [0.15, 0.2) is 140 Å². The Hall–Kier alpha value is -8.35. The third-order valence-corrected chi connectivity index (χ3v) is 12.3. The van der Waals surface area contributed by atoms with Crippen molar-refractivity contribution in [3.05, 3.63) is 205 Å². The lowest BCUT2D eigenvalue weighted by Crippen LogP contribution is -2.75. The van der Waals surface area contributed by atoms with Crippen molar-refractivity contribution in [2.45, 2.75) is 56.0 Å². The van der Waals surface area contributed by atoms with Crippen LogP contribution in [0.4, 0.5) is 105 Å². The van der Waals surface area contributed by atoms with Crippen molar-refractivity contribution >= 4 is 50.7 Å². The van der Waals surface area contributed by atoms with E-state index < -0.39 is 212 Å². The third-order valence-electron chi connectivity index (χ3n) is 12.3. The maximum atomic E-state index is 14.2. The van der Waals surface area contributed by atoms with Gasteiger partial charge >= 0.3 is 62.1 Å². The molecule has 1 aromatic heterocycles. The van der Waals surface area contributed by atoms with Gasteiger partial charge in [0.05, 0.1) is 49.4 Å². The number of alkyl halides is 24. The number of esters is 1. The molecule has 1 heterocycles. The highest BCUT2D eigenvalue weighted by Crippen LogP contribution is 2.41. The minimum atomic E-state index is -6.13. The zero-order valence-corrected chi connectivity index (χ0v) is 40.3. The van der Waals surface area contributed by atoms with Crippen LogP contribution >= 0.6 is 0 Å². The van der Waals surface area contributed by atoms with E-state index in [0.29, 0.717) is 11.1 Å². The van der Waals surface area contributed by atoms with Gasteiger partial charge in [-0.3, -0.25) is 14.9 Å². The number of nitrogens with zero attached hydrogens (tertiary/aromatic N) is 2. The number of Topliss-reactive ketones (excluding diaryl/α,β-unsaturated/α-hetero) is 1. The van der Waals surface area contributed by atoms with Crippen LogP contribution < -0.4 is 26.4 Å². The lowest BCUT2D eigenvalue weighted by molar-refractivity contribution is -0.660. The molecule has 7 rings (SSSR count). The van der Waals surface area contributed by atoms with Gasteiger partial charge in [-0.15, -0.1) is 0 Å². The number of rotatable bonds is 10. The molecule has 0 saturated carbocycles. The predicted octanol–water partition coefficient (Wildman–Crippen LogP) is 13.6. The average molecular weight is 1210 g/mol. The fourth-order valence-corrected chi connectivity index (χ4v) is 8.73. The SMILES string of the molecule is FC(F)(F)c1cc([B-](c2cc(C(F)(F)F)cc(C(F)(F)F)c2)(c2cc(C(F)(F)F)cc(C(F)(F)F)c2)c2cc(C(F)(F)F)cc(C(F)(F)F)c2)cc(C(F)(F)F)c1.O=C(C[n+]1c(C(=O)OC[N+](=O)[O-])ccc2ccccc21)c1ccccc1. The topological polar surface area (TPSA) is 90.4 Å². The van der Waals surface area contributed by atoms with Gasteiger partial charge in [0, 0.05) is 23.1 Å². The summed E-state index contributed by atoms with van der Waals surface area (Å²) in [5, 5.41) is 11.3. The number of benzene rings is 6.